The Bertz CT molecular complexity index is 1130. The van der Waals surface area contributed by atoms with Crippen molar-refractivity contribution in [3.05, 3.63) is 63.6 Å². The van der Waals surface area contributed by atoms with E-state index >= 15 is 0 Å². The van der Waals surface area contributed by atoms with Gasteiger partial charge in [0.2, 0.25) is 10.0 Å². The lowest BCUT2D eigenvalue weighted by molar-refractivity contribution is -0.150. The molecule has 2 amide bonds. The van der Waals surface area contributed by atoms with Crippen molar-refractivity contribution in [2.75, 3.05) is 6.73 Å². The summed E-state index contributed by atoms with van der Waals surface area (Å²) in [5, 5.41) is 10.0. The van der Waals surface area contributed by atoms with Crippen molar-refractivity contribution < 1.29 is 32.6 Å². The molecule has 2 unspecified atom stereocenters. The normalized spacial score (nSPS) is 15.5. The molecular weight excluding hydrogens is 471 g/mol. The van der Waals surface area contributed by atoms with Gasteiger partial charge in [0, 0.05) is 0 Å². The molecule has 0 radical (unpaired) electrons. The molecule has 1 aliphatic heterocycles. The Balaban J connectivity index is 1.72. The summed E-state index contributed by atoms with van der Waals surface area (Å²) in [6.45, 7) is 0.425. The largest absolute Gasteiger partial charge is 0.442 e. The van der Waals surface area contributed by atoms with Crippen LogP contribution in [0.1, 0.15) is 27.6 Å². The summed E-state index contributed by atoms with van der Waals surface area (Å²) in [4.78, 5) is 37.5. The number of carbonyl (C=O) groups is 3. The zero-order chi connectivity index (χ0) is 22.9. The highest BCUT2D eigenvalue weighted by Gasteiger charge is 2.37. The number of aliphatic hydroxyl groups excluding tert-OH is 1. The number of imide groups is 1. The van der Waals surface area contributed by atoms with Gasteiger partial charge in [-0.1, -0.05) is 35.3 Å². The molecular formula is C19H16Cl2N2O7S. The Labute approximate surface area is 187 Å². The molecule has 0 spiro atoms. The molecule has 2 aromatic carbocycles. The fourth-order valence-electron chi connectivity index (χ4n) is 2.80. The van der Waals surface area contributed by atoms with Crippen LogP contribution in [0.3, 0.4) is 0 Å². The van der Waals surface area contributed by atoms with Gasteiger partial charge in [0.15, 0.2) is 6.73 Å². The smallest absolute Gasteiger partial charge is 0.328 e. The van der Waals surface area contributed by atoms with Gasteiger partial charge in [0.25, 0.3) is 11.8 Å². The number of nitrogens with zero attached hydrogens (tertiary/aromatic N) is 1. The van der Waals surface area contributed by atoms with Crippen LogP contribution in [0.5, 0.6) is 0 Å². The van der Waals surface area contributed by atoms with E-state index in [-0.39, 0.29) is 26.1 Å². The van der Waals surface area contributed by atoms with E-state index in [4.69, 9.17) is 27.9 Å². The minimum atomic E-state index is -4.29. The fourth-order valence-corrected chi connectivity index (χ4v) is 4.44. The van der Waals surface area contributed by atoms with E-state index < -0.39 is 46.7 Å². The third-order valence-corrected chi connectivity index (χ3v) is 6.61. The molecule has 31 heavy (non-hydrogen) atoms. The van der Waals surface area contributed by atoms with Crippen molar-refractivity contribution in [3.8, 4) is 0 Å². The van der Waals surface area contributed by atoms with Gasteiger partial charge < -0.3 is 9.84 Å². The van der Waals surface area contributed by atoms with Gasteiger partial charge in [-0.25, -0.2) is 13.3 Å². The third-order valence-electron chi connectivity index (χ3n) is 4.43. The van der Waals surface area contributed by atoms with Crippen molar-refractivity contribution in [3.63, 3.8) is 0 Å². The molecule has 2 atom stereocenters. The number of esters is 1. The van der Waals surface area contributed by atoms with E-state index in [9.17, 15) is 27.9 Å². The Morgan fingerprint density at radius 1 is 1.10 bits per heavy atom. The molecule has 1 aliphatic rings. The van der Waals surface area contributed by atoms with Crippen LogP contribution in [-0.2, 0) is 19.6 Å². The van der Waals surface area contributed by atoms with Crippen LogP contribution in [0, 0.1) is 0 Å². The molecule has 1 heterocycles. The second kappa shape index (κ2) is 8.93. The SMILES string of the molecule is CC(O)C(NS(=O)(=O)c1ccc(Cl)c(Cl)c1)C(=O)OCN1C(=O)c2ccccc2C1=O. The Morgan fingerprint density at radius 3 is 2.19 bits per heavy atom. The number of nitrogens with one attached hydrogen (secondary N) is 1. The number of carbonyl (C=O) groups excluding carboxylic acids is 3. The number of rotatable bonds is 7. The molecule has 0 fully saturated rings. The van der Waals surface area contributed by atoms with Crippen LogP contribution in [0.4, 0.5) is 0 Å². The maximum atomic E-state index is 12.6. The van der Waals surface area contributed by atoms with Crippen LogP contribution < -0.4 is 4.72 Å². The lowest BCUT2D eigenvalue weighted by atomic mass is 10.1. The van der Waals surface area contributed by atoms with Gasteiger partial charge in [-0.2, -0.15) is 4.72 Å². The first-order valence-corrected chi connectivity index (χ1v) is 11.0. The van der Waals surface area contributed by atoms with Crippen molar-refractivity contribution in [1.82, 2.24) is 9.62 Å². The van der Waals surface area contributed by atoms with Gasteiger partial charge in [0.1, 0.15) is 6.04 Å². The molecule has 3 rings (SSSR count). The molecule has 0 saturated heterocycles. The molecule has 12 heteroatoms. The minimum absolute atomic E-state index is 0.0219. The lowest BCUT2D eigenvalue weighted by Crippen LogP contribution is -2.49. The van der Waals surface area contributed by atoms with Gasteiger partial charge in [-0.15, -0.1) is 0 Å². The average Bonchev–Trinajstić information content (AvgIpc) is 2.96. The number of halogens is 2. The number of ether oxygens (including phenoxy) is 1. The van der Waals surface area contributed by atoms with Crippen molar-refractivity contribution >= 4 is 51.0 Å². The van der Waals surface area contributed by atoms with Crippen LogP contribution in [0.2, 0.25) is 10.0 Å². The van der Waals surface area contributed by atoms with Crippen molar-refractivity contribution in [2.45, 2.75) is 24.0 Å². The molecule has 2 aromatic rings. The van der Waals surface area contributed by atoms with Crippen LogP contribution in [0.15, 0.2) is 47.4 Å². The number of aliphatic hydroxyl groups is 1. The highest BCUT2D eigenvalue weighted by molar-refractivity contribution is 7.89. The number of fused-ring (bicyclic) bond motifs is 1. The molecule has 0 aliphatic carbocycles. The molecule has 164 valence electrons. The number of hydrogen-bond acceptors (Lipinski definition) is 7. The summed E-state index contributed by atoms with van der Waals surface area (Å²) in [7, 11) is -4.29. The van der Waals surface area contributed by atoms with Crippen LogP contribution in [0.25, 0.3) is 0 Å². The predicted molar refractivity (Wildman–Crippen MR) is 110 cm³/mol. The fraction of sp³-hybridized carbons (Fsp3) is 0.211. The molecule has 2 N–H and O–H groups in total. The summed E-state index contributed by atoms with van der Waals surface area (Å²) in [5.74, 6) is -2.49. The van der Waals surface area contributed by atoms with Gasteiger partial charge in [0.05, 0.1) is 32.2 Å². The monoisotopic (exact) mass is 486 g/mol. The zero-order valence-electron chi connectivity index (χ0n) is 15.9. The van der Waals surface area contributed by atoms with E-state index in [0.29, 0.717) is 4.90 Å². The highest BCUT2D eigenvalue weighted by atomic mass is 35.5. The first-order valence-electron chi connectivity index (χ1n) is 8.80. The van der Waals surface area contributed by atoms with E-state index in [2.05, 4.69) is 0 Å². The highest BCUT2D eigenvalue weighted by Crippen LogP contribution is 2.25. The van der Waals surface area contributed by atoms with E-state index in [1.54, 1.807) is 12.1 Å². The first-order chi connectivity index (χ1) is 14.5. The summed E-state index contributed by atoms with van der Waals surface area (Å²) in [6, 6.07) is 7.88. The summed E-state index contributed by atoms with van der Waals surface area (Å²) in [5.41, 5.74) is 0.326. The van der Waals surface area contributed by atoms with Gasteiger partial charge in [-0.05, 0) is 37.3 Å². The van der Waals surface area contributed by atoms with Gasteiger partial charge >= 0.3 is 5.97 Å². The topological polar surface area (TPSA) is 130 Å². The number of benzene rings is 2. The maximum absolute atomic E-state index is 12.6. The average molecular weight is 487 g/mol. The van der Waals surface area contributed by atoms with Crippen LogP contribution in [-0.4, -0.2) is 55.1 Å². The second-order valence-corrected chi connectivity index (χ2v) is 9.12. The summed E-state index contributed by atoms with van der Waals surface area (Å²) >= 11 is 11.6. The molecule has 9 nitrogen and oxygen atoms in total. The minimum Gasteiger partial charge on any atom is -0.442 e. The van der Waals surface area contributed by atoms with Gasteiger partial charge in [-0.3, -0.25) is 14.4 Å². The second-order valence-electron chi connectivity index (χ2n) is 6.59. The molecule has 0 bridgehead atoms. The Morgan fingerprint density at radius 2 is 1.68 bits per heavy atom. The first kappa shape index (κ1) is 23.2. The van der Waals surface area contributed by atoms with E-state index in [1.807, 2.05) is 4.72 Å². The number of hydrogen-bond donors (Lipinski definition) is 2. The number of amides is 2. The van der Waals surface area contributed by atoms with E-state index in [1.165, 1.54) is 31.2 Å². The summed E-state index contributed by atoms with van der Waals surface area (Å²) < 4.78 is 32.1. The van der Waals surface area contributed by atoms with E-state index in [0.717, 1.165) is 6.07 Å². The predicted octanol–water partition coefficient (Wildman–Crippen LogP) is 1.82. The number of sulfonamides is 1. The molecule has 0 saturated carbocycles. The van der Waals surface area contributed by atoms with Crippen LogP contribution >= 0.6 is 23.2 Å². The Hall–Kier alpha value is -2.50. The van der Waals surface area contributed by atoms with Crippen molar-refractivity contribution in [1.29, 1.82) is 0 Å². The zero-order valence-corrected chi connectivity index (χ0v) is 18.2. The maximum Gasteiger partial charge on any atom is 0.328 e. The lowest BCUT2D eigenvalue weighted by Gasteiger charge is -2.21. The molecule has 0 aromatic heterocycles. The Kier molecular flexibility index (Phi) is 6.68. The van der Waals surface area contributed by atoms with Crippen molar-refractivity contribution in [2.24, 2.45) is 0 Å². The third kappa shape index (κ3) is 4.73. The summed E-state index contributed by atoms with van der Waals surface area (Å²) in [6.07, 6.45) is -1.49. The standard InChI is InChI=1S/C19H16Cl2N2O7S/c1-10(24)16(22-31(28,29)11-6-7-14(20)15(21)8-11)19(27)30-9-23-17(25)12-4-2-3-5-13(12)18(23)26/h2-8,10,16,22,24H,9H2,1H3. The quantitative estimate of drug-likeness (QED) is 0.450.